The van der Waals surface area contributed by atoms with Crippen LogP contribution in [0, 0.1) is 0 Å². The molecule has 1 aromatic heterocycles. The predicted molar refractivity (Wildman–Crippen MR) is 53.8 cm³/mol. The van der Waals surface area contributed by atoms with E-state index in [1.807, 2.05) is 20.9 Å². The van der Waals surface area contributed by atoms with E-state index in [0.29, 0.717) is 6.10 Å². The molecule has 80 valence electrons. The summed E-state index contributed by atoms with van der Waals surface area (Å²) < 4.78 is 7.15. The highest BCUT2D eigenvalue weighted by Crippen LogP contribution is 1.91. The molecule has 5 heteroatoms. The molecule has 0 bridgehead atoms. The summed E-state index contributed by atoms with van der Waals surface area (Å²) in [5.41, 5.74) is 1.08. The molecule has 0 saturated heterocycles. The molecular weight excluding hydrogens is 180 g/mol. The minimum Gasteiger partial charge on any atom is -0.377 e. The Kier molecular flexibility index (Phi) is 4.55. The van der Waals surface area contributed by atoms with E-state index in [0.717, 1.165) is 25.4 Å². The zero-order valence-corrected chi connectivity index (χ0v) is 9.03. The molecular formula is C9H18N4O. The summed E-state index contributed by atoms with van der Waals surface area (Å²) >= 11 is 0. The number of nitrogens with one attached hydrogen (secondary N) is 1. The molecule has 0 spiro atoms. The van der Waals surface area contributed by atoms with Gasteiger partial charge in [0.05, 0.1) is 24.6 Å². The highest BCUT2D eigenvalue weighted by Gasteiger charge is 1.98. The molecule has 5 nitrogen and oxygen atoms in total. The van der Waals surface area contributed by atoms with E-state index in [9.17, 15) is 0 Å². The Morgan fingerprint density at radius 3 is 2.93 bits per heavy atom. The van der Waals surface area contributed by atoms with Gasteiger partial charge in [-0.25, -0.2) is 0 Å². The SMILES string of the molecule is CC(C)OCCNCc1cnnn1C. The first-order chi connectivity index (χ1) is 6.70. The monoisotopic (exact) mass is 198 g/mol. The third-order valence-electron chi connectivity index (χ3n) is 1.84. The van der Waals surface area contributed by atoms with Crippen molar-refractivity contribution in [3.8, 4) is 0 Å². The van der Waals surface area contributed by atoms with Crippen molar-refractivity contribution in [2.75, 3.05) is 13.2 Å². The van der Waals surface area contributed by atoms with Gasteiger partial charge in [0.25, 0.3) is 0 Å². The summed E-state index contributed by atoms with van der Waals surface area (Å²) in [5.74, 6) is 0. The number of nitrogens with zero attached hydrogens (tertiary/aromatic N) is 3. The van der Waals surface area contributed by atoms with Gasteiger partial charge in [-0.1, -0.05) is 5.21 Å². The highest BCUT2D eigenvalue weighted by atomic mass is 16.5. The first kappa shape index (κ1) is 11.1. The van der Waals surface area contributed by atoms with Gasteiger partial charge < -0.3 is 10.1 Å². The van der Waals surface area contributed by atoms with Crippen LogP contribution in [0.4, 0.5) is 0 Å². The van der Waals surface area contributed by atoms with Crippen LogP contribution in [-0.2, 0) is 18.3 Å². The number of aromatic nitrogens is 3. The summed E-state index contributed by atoms with van der Waals surface area (Å²) in [6.07, 6.45) is 2.06. The Hall–Kier alpha value is -0.940. The molecule has 0 aliphatic heterocycles. The van der Waals surface area contributed by atoms with Crippen LogP contribution in [0.3, 0.4) is 0 Å². The van der Waals surface area contributed by atoms with E-state index in [-0.39, 0.29) is 0 Å². The van der Waals surface area contributed by atoms with Crippen molar-refractivity contribution in [3.05, 3.63) is 11.9 Å². The number of rotatable bonds is 6. The van der Waals surface area contributed by atoms with Gasteiger partial charge in [0.2, 0.25) is 0 Å². The largest absolute Gasteiger partial charge is 0.377 e. The van der Waals surface area contributed by atoms with Crippen molar-refractivity contribution in [3.63, 3.8) is 0 Å². The van der Waals surface area contributed by atoms with Gasteiger partial charge in [0, 0.05) is 20.1 Å². The highest BCUT2D eigenvalue weighted by molar-refractivity contribution is 4.91. The minimum absolute atomic E-state index is 0.301. The topological polar surface area (TPSA) is 52.0 Å². The van der Waals surface area contributed by atoms with Crippen LogP contribution in [0.2, 0.25) is 0 Å². The molecule has 0 saturated carbocycles. The summed E-state index contributed by atoms with van der Waals surface area (Å²) in [4.78, 5) is 0. The Labute approximate surface area is 84.4 Å². The maximum Gasteiger partial charge on any atom is 0.0738 e. The van der Waals surface area contributed by atoms with Gasteiger partial charge in [-0.2, -0.15) is 0 Å². The molecule has 1 heterocycles. The molecule has 0 amide bonds. The maximum absolute atomic E-state index is 5.39. The second kappa shape index (κ2) is 5.72. The normalized spacial score (nSPS) is 11.1. The van der Waals surface area contributed by atoms with Crippen LogP contribution in [0.5, 0.6) is 0 Å². The molecule has 0 radical (unpaired) electrons. The molecule has 0 aromatic carbocycles. The Morgan fingerprint density at radius 2 is 2.36 bits per heavy atom. The first-order valence-electron chi connectivity index (χ1n) is 4.86. The average molecular weight is 198 g/mol. The molecule has 1 N–H and O–H groups in total. The molecule has 1 aromatic rings. The number of ether oxygens (including phenoxy) is 1. The lowest BCUT2D eigenvalue weighted by atomic mass is 10.4. The molecule has 0 unspecified atom stereocenters. The van der Waals surface area contributed by atoms with Crippen LogP contribution in [0.15, 0.2) is 6.20 Å². The zero-order chi connectivity index (χ0) is 10.4. The zero-order valence-electron chi connectivity index (χ0n) is 9.03. The lowest BCUT2D eigenvalue weighted by Gasteiger charge is -2.08. The van der Waals surface area contributed by atoms with Crippen LogP contribution < -0.4 is 5.32 Å². The first-order valence-corrected chi connectivity index (χ1v) is 4.86. The van der Waals surface area contributed by atoms with Crippen LogP contribution >= 0.6 is 0 Å². The third-order valence-corrected chi connectivity index (χ3v) is 1.84. The van der Waals surface area contributed by atoms with Gasteiger partial charge in [-0.3, -0.25) is 4.68 Å². The van der Waals surface area contributed by atoms with Gasteiger partial charge in [0.1, 0.15) is 0 Å². The van der Waals surface area contributed by atoms with Crippen molar-refractivity contribution < 1.29 is 4.74 Å². The van der Waals surface area contributed by atoms with Gasteiger partial charge in [-0.05, 0) is 13.8 Å². The third kappa shape index (κ3) is 3.85. The van der Waals surface area contributed by atoms with Crippen molar-refractivity contribution >= 4 is 0 Å². The van der Waals surface area contributed by atoms with Gasteiger partial charge in [0.15, 0.2) is 0 Å². The molecule has 0 aliphatic carbocycles. The molecule has 1 rings (SSSR count). The van der Waals surface area contributed by atoms with Crippen LogP contribution in [-0.4, -0.2) is 34.2 Å². The van der Waals surface area contributed by atoms with E-state index in [2.05, 4.69) is 15.6 Å². The van der Waals surface area contributed by atoms with E-state index in [1.54, 1.807) is 10.9 Å². The van der Waals surface area contributed by atoms with Gasteiger partial charge in [-0.15, -0.1) is 5.10 Å². The van der Waals surface area contributed by atoms with Crippen molar-refractivity contribution in [1.29, 1.82) is 0 Å². The number of hydrogen-bond donors (Lipinski definition) is 1. The summed E-state index contributed by atoms with van der Waals surface area (Å²) in [6, 6.07) is 0. The number of aryl methyl sites for hydroxylation is 1. The van der Waals surface area contributed by atoms with E-state index >= 15 is 0 Å². The smallest absolute Gasteiger partial charge is 0.0738 e. The minimum atomic E-state index is 0.301. The van der Waals surface area contributed by atoms with Crippen molar-refractivity contribution in [1.82, 2.24) is 20.3 Å². The quantitative estimate of drug-likeness (QED) is 0.669. The Morgan fingerprint density at radius 1 is 1.57 bits per heavy atom. The van der Waals surface area contributed by atoms with E-state index in [4.69, 9.17) is 4.74 Å². The lowest BCUT2D eigenvalue weighted by Crippen LogP contribution is -2.22. The van der Waals surface area contributed by atoms with Crippen molar-refractivity contribution in [2.24, 2.45) is 7.05 Å². The number of hydrogen-bond acceptors (Lipinski definition) is 4. The van der Waals surface area contributed by atoms with E-state index in [1.165, 1.54) is 0 Å². The Balaban J connectivity index is 2.08. The molecule has 14 heavy (non-hydrogen) atoms. The fourth-order valence-corrected chi connectivity index (χ4v) is 1.05. The summed E-state index contributed by atoms with van der Waals surface area (Å²) in [6.45, 7) is 6.44. The summed E-state index contributed by atoms with van der Waals surface area (Å²) in [7, 11) is 1.88. The van der Waals surface area contributed by atoms with E-state index < -0.39 is 0 Å². The molecule has 0 aliphatic rings. The van der Waals surface area contributed by atoms with Crippen LogP contribution in [0.1, 0.15) is 19.5 Å². The Bertz CT molecular complexity index is 259. The molecule has 0 atom stereocenters. The van der Waals surface area contributed by atoms with Gasteiger partial charge >= 0.3 is 0 Å². The fourth-order valence-electron chi connectivity index (χ4n) is 1.05. The second-order valence-corrected chi connectivity index (χ2v) is 3.45. The van der Waals surface area contributed by atoms with Crippen LogP contribution in [0.25, 0.3) is 0 Å². The fraction of sp³-hybridized carbons (Fsp3) is 0.778. The average Bonchev–Trinajstić information content (AvgIpc) is 2.51. The second-order valence-electron chi connectivity index (χ2n) is 3.45. The maximum atomic E-state index is 5.39. The lowest BCUT2D eigenvalue weighted by molar-refractivity contribution is 0.0806. The summed E-state index contributed by atoms with van der Waals surface area (Å²) in [5, 5.41) is 10.9. The standard InChI is InChI=1S/C9H18N4O/c1-8(2)14-5-4-10-6-9-7-11-12-13(9)3/h7-8,10H,4-6H2,1-3H3. The predicted octanol–water partition coefficient (Wildman–Crippen LogP) is 0.330. The molecule has 0 fully saturated rings. The van der Waals surface area contributed by atoms with Crippen molar-refractivity contribution in [2.45, 2.75) is 26.5 Å².